The lowest BCUT2D eigenvalue weighted by Gasteiger charge is -2.23. The van der Waals surface area contributed by atoms with Crippen LogP contribution in [0.25, 0.3) is 0 Å². The van der Waals surface area contributed by atoms with E-state index in [-0.39, 0.29) is 12.5 Å². The lowest BCUT2D eigenvalue weighted by Crippen LogP contribution is -2.35. The minimum atomic E-state index is -0.995. The van der Waals surface area contributed by atoms with Crippen LogP contribution in [-0.2, 0) is 22.7 Å². The predicted octanol–water partition coefficient (Wildman–Crippen LogP) is 0.866. The lowest BCUT2D eigenvalue weighted by molar-refractivity contribution is -0.139. The van der Waals surface area contributed by atoms with E-state index in [4.69, 9.17) is 9.84 Å². The van der Waals surface area contributed by atoms with Gasteiger partial charge in [-0.2, -0.15) is 0 Å². The number of para-hydroxylation sites is 1. The van der Waals surface area contributed by atoms with Gasteiger partial charge in [0.25, 0.3) is 0 Å². The minimum absolute atomic E-state index is 0.140. The van der Waals surface area contributed by atoms with Crippen molar-refractivity contribution in [1.29, 1.82) is 0 Å². The average Bonchev–Trinajstić information content (AvgIpc) is 3.10. The zero-order valence-electron chi connectivity index (χ0n) is 15.7. The normalized spacial score (nSPS) is 15.2. The molecule has 1 aliphatic heterocycles. The van der Waals surface area contributed by atoms with Crippen LogP contribution in [0.1, 0.15) is 18.4 Å². The van der Waals surface area contributed by atoms with Gasteiger partial charge in [0.2, 0.25) is 5.91 Å². The predicted molar refractivity (Wildman–Crippen MR) is 101 cm³/mol. The largest absolute Gasteiger partial charge is 0.482 e. The first-order valence-electron chi connectivity index (χ1n) is 9.37. The summed E-state index contributed by atoms with van der Waals surface area (Å²) < 4.78 is 7.20. The smallest absolute Gasteiger partial charge is 0.341 e. The zero-order valence-corrected chi connectivity index (χ0v) is 15.7. The van der Waals surface area contributed by atoms with Crippen molar-refractivity contribution in [1.82, 2.24) is 24.6 Å². The number of ether oxygens (including phenoxy) is 1. The van der Waals surface area contributed by atoms with Crippen molar-refractivity contribution in [2.45, 2.75) is 25.9 Å². The van der Waals surface area contributed by atoms with Gasteiger partial charge in [0, 0.05) is 51.3 Å². The molecule has 3 rings (SSSR count). The molecule has 0 aliphatic carbocycles. The Bertz CT molecular complexity index is 780. The number of amides is 1. The van der Waals surface area contributed by atoms with Crippen LogP contribution in [0.5, 0.6) is 5.75 Å². The van der Waals surface area contributed by atoms with Crippen LogP contribution in [0.4, 0.5) is 0 Å². The molecule has 0 unspecified atom stereocenters. The summed E-state index contributed by atoms with van der Waals surface area (Å²) in [5, 5.41) is 16.3. The summed E-state index contributed by atoms with van der Waals surface area (Å²) in [5.41, 5.74) is 0.955. The maximum atomic E-state index is 12.5. The number of aromatic nitrogens is 3. The summed E-state index contributed by atoms with van der Waals surface area (Å²) in [7, 11) is 0. The second-order valence-corrected chi connectivity index (χ2v) is 6.75. The van der Waals surface area contributed by atoms with Crippen molar-refractivity contribution >= 4 is 11.9 Å². The number of carboxylic acid groups (broad SMARTS) is 1. The number of nitrogens with zero attached hydrogens (tertiary/aromatic N) is 5. The fourth-order valence-electron chi connectivity index (χ4n) is 3.25. The van der Waals surface area contributed by atoms with Gasteiger partial charge in [-0.15, -0.1) is 10.2 Å². The monoisotopic (exact) mass is 387 g/mol. The fourth-order valence-corrected chi connectivity index (χ4v) is 3.25. The summed E-state index contributed by atoms with van der Waals surface area (Å²) in [5.74, 6) is -0.262. The molecule has 2 aromatic rings. The average molecular weight is 387 g/mol. The number of hydrogen-bond donors (Lipinski definition) is 1. The van der Waals surface area contributed by atoms with Gasteiger partial charge in [-0.05, 0) is 12.5 Å². The standard InChI is InChI=1S/C19H25N5O4/c25-18(6-9-23-14-20-21-15-23)24-8-3-7-22(10-11-24)12-16-4-1-2-5-17(16)28-13-19(26)27/h1-2,4-5,14-15H,3,6-13H2,(H,26,27). The Kier molecular flexibility index (Phi) is 6.96. The van der Waals surface area contributed by atoms with Gasteiger partial charge in [0.1, 0.15) is 18.4 Å². The molecule has 1 aromatic heterocycles. The number of aliphatic carboxylic acids is 1. The molecule has 28 heavy (non-hydrogen) atoms. The van der Waals surface area contributed by atoms with E-state index in [1.165, 1.54) is 0 Å². The van der Waals surface area contributed by atoms with Gasteiger partial charge in [-0.1, -0.05) is 18.2 Å². The summed E-state index contributed by atoms with van der Waals surface area (Å²) in [6, 6.07) is 7.49. The molecule has 9 heteroatoms. The number of hydrogen-bond acceptors (Lipinski definition) is 6. The molecule has 1 aromatic carbocycles. The van der Waals surface area contributed by atoms with Crippen LogP contribution in [0, 0.1) is 0 Å². The van der Waals surface area contributed by atoms with E-state index >= 15 is 0 Å². The number of rotatable bonds is 8. The molecule has 0 radical (unpaired) electrons. The molecule has 1 N–H and O–H groups in total. The van der Waals surface area contributed by atoms with Crippen LogP contribution in [0.2, 0.25) is 0 Å². The highest BCUT2D eigenvalue weighted by atomic mass is 16.5. The highest BCUT2D eigenvalue weighted by molar-refractivity contribution is 5.76. The van der Waals surface area contributed by atoms with Gasteiger partial charge >= 0.3 is 5.97 Å². The van der Waals surface area contributed by atoms with Crippen molar-refractivity contribution in [3.63, 3.8) is 0 Å². The highest BCUT2D eigenvalue weighted by Gasteiger charge is 2.20. The fraction of sp³-hybridized carbons (Fsp3) is 0.474. The van der Waals surface area contributed by atoms with E-state index in [1.54, 1.807) is 23.3 Å². The van der Waals surface area contributed by atoms with Crippen molar-refractivity contribution in [3.05, 3.63) is 42.5 Å². The second kappa shape index (κ2) is 9.84. The van der Waals surface area contributed by atoms with E-state index in [9.17, 15) is 9.59 Å². The first-order chi connectivity index (χ1) is 13.6. The van der Waals surface area contributed by atoms with Crippen LogP contribution in [0.15, 0.2) is 36.9 Å². The number of carboxylic acids is 1. The lowest BCUT2D eigenvalue weighted by atomic mass is 10.2. The van der Waals surface area contributed by atoms with Gasteiger partial charge in [0.15, 0.2) is 6.61 Å². The van der Waals surface area contributed by atoms with Crippen molar-refractivity contribution in [3.8, 4) is 5.75 Å². The minimum Gasteiger partial charge on any atom is -0.482 e. The molecule has 1 saturated heterocycles. The Morgan fingerprint density at radius 2 is 1.86 bits per heavy atom. The van der Waals surface area contributed by atoms with Crippen LogP contribution < -0.4 is 4.74 Å². The van der Waals surface area contributed by atoms with Gasteiger partial charge < -0.3 is 19.3 Å². The van der Waals surface area contributed by atoms with E-state index in [1.807, 2.05) is 23.1 Å². The summed E-state index contributed by atoms with van der Waals surface area (Å²) in [6.07, 6.45) is 4.56. The molecule has 2 heterocycles. The maximum Gasteiger partial charge on any atom is 0.341 e. The van der Waals surface area contributed by atoms with Gasteiger partial charge in [-0.25, -0.2) is 4.79 Å². The van der Waals surface area contributed by atoms with E-state index in [0.29, 0.717) is 31.8 Å². The van der Waals surface area contributed by atoms with Crippen molar-refractivity contribution < 1.29 is 19.4 Å². The summed E-state index contributed by atoms with van der Waals surface area (Å²) in [6.45, 7) is 3.96. The molecule has 150 valence electrons. The molecule has 0 atom stereocenters. The molecular formula is C19H25N5O4. The third-order valence-electron chi connectivity index (χ3n) is 4.71. The van der Waals surface area contributed by atoms with Crippen LogP contribution in [-0.4, -0.2) is 74.3 Å². The molecule has 1 fully saturated rings. The van der Waals surface area contributed by atoms with Crippen LogP contribution >= 0.6 is 0 Å². The SMILES string of the molecule is O=C(O)COc1ccccc1CN1CCCN(C(=O)CCn2cnnc2)CC1. The Balaban J connectivity index is 1.51. The number of aryl methyl sites for hydroxylation is 1. The van der Waals surface area contributed by atoms with Crippen molar-refractivity contribution in [2.24, 2.45) is 0 Å². The molecular weight excluding hydrogens is 362 g/mol. The summed E-state index contributed by atoms with van der Waals surface area (Å²) in [4.78, 5) is 27.4. The Morgan fingerprint density at radius 1 is 1.07 bits per heavy atom. The number of benzene rings is 1. The molecule has 1 aliphatic rings. The first-order valence-corrected chi connectivity index (χ1v) is 9.37. The Hall–Kier alpha value is -2.94. The number of carbonyl (C=O) groups is 2. The quantitative estimate of drug-likeness (QED) is 0.717. The van der Waals surface area contributed by atoms with E-state index < -0.39 is 5.97 Å². The van der Waals surface area contributed by atoms with E-state index in [0.717, 1.165) is 31.6 Å². The van der Waals surface area contributed by atoms with Crippen LogP contribution in [0.3, 0.4) is 0 Å². The zero-order chi connectivity index (χ0) is 19.8. The van der Waals surface area contributed by atoms with Crippen molar-refractivity contribution in [2.75, 3.05) is 32.8 Å². The molecule has 0 saturated carbocycles. The molecule has 0 bridgehead atoms. The highest BCUT2D eigenvalue weighted by Crippen LogP contribution is 2.20. The summed E-state index contributed by atoms with van der Waals surface area (Å²) >= 11 is 0. The van der Waals surface area contributed by atoms with Gasteiger partial charge in [-0.3, -0.25) is 9.69 Å². The molecule has 1 amide bonds. The first kappa shape index (κ1) is 19.8. The van der Waals surface area contributed by atoms with Gasteiger partial charge in [0.05, 0.1) is 0 Å². The Morgan fingerprint density at radius 3 is 2.64 bits per heavy atom. The molecule has 0 spiro atoms. The third-order valence-corrected chi connectivity index (χ3v) is 4.71. The topological polar surface area (TPSA) is 101 Å². The molecule has 9 nitrogen and oxygen atoms in total. The second-order valence-electron chi connectivity index (χ2n) is 6.75. The Labute approximate surface area is 163 Å². The van der Waals surface area contributed by atoms with E-state index in [2.05, 4.69) is 15.1 Å². The maximum absolute atomic E-state index is 12.5. The third kappa shape index (κ3) is 5.78. The number of carbonyl (C=O) groups excluding carboxylic acids is 1.